The van der Waals surface area contributed by atoms with Crippen LogP contribution < -0.4 is 5.32 Å². The zero-order valence-corrected chi connectivity index (χ0v) is 16.1. The Morgan fingerprint density at radius 1 is 1.07 bits per heavy atom. The topological polar surface area (TPSA) is 102 Å². The van der Waals surface area contributed by atoms with Crippen LogP contribution in [0.2, 0.25) is 10.0 Å². The first-order valence-electron chi connectivity index (χ1n) is 7.72. The van der Waals surface area contributed by atoms with E-state index in [-0.39, 0.29) is 29.0 Å². The molecule has 10 heteroatoms. The molecular weight excluding hydrogens is 413 g/mol. The van der Waals surface area contributed by atoms with Crippen LogP contribution >= 0.6 is 23.2 Å². The summed E-state index contributed by atoms with van der Waals surface area (Å²) in [5, 5.41) is 10.7. The predicted octanol–water partition coefficient (Wildman–Crippen LogP) is 3.85. The molecule has 3 aromatic rings. The van der Waals surface area contributed by atoms with E-state index in [1.54, 1.807) is 36.4 Å². The maximum Gasteiger partial charge on any atom is 0.322 e. The summed E-state index contributed by atoms with van der Waals surface area (Å²) in [4.78, 5) is 12.2. The maximum atomic E-state index is 12.2. The van der Waals surface area contributed by atoms with Crippen LogP contribution in [-0.2, 0) is 14.6 Å². The molecule has 0 aliphatic carbocycles. The Bertz CT molecular complexity index is 1070. The van der Waals surface area contributed by atoms with Crippen molar-refractivity contribution in [3.63, 3.8) is 0 Å². The van der Waals surface area contributed by atoms with Gasteiger partial charge in [-0.05, 0) is 30.3 Å². The number of hydrogen-bond acceptors (Lipinski definition) is 6. The van der Waals surface area contributed by atoms with Gasteiger partial charge in [-0.2, -0.15) is 0 Å². The molecule has 0 saturated heterocycles. The number of hydrogen-bond donors (Lipinski definition) is 1. The van der Waals surface area contributed by atoms with Crippen LogP contribution in [0.1, 0.15) is 6.42 Å². The molecular formula is C17H13Cl2N3O4S. The van der Waals surface area contributed by atoms with Crippen LogP contribution in [0, 0.1) is 0 Å². The lowest BCUT2D eigenvalue weighted by Gasteiger charge is -2.04. The van der Waals surface area contributed by atoms with Crippen molar-refractivity contribution in [1.82, 2.24) is 10.2 Å². The first kappa shape index (κ1) is 19.3. The Morgan fingerprint density at radius 2 is 1.81 bits per heavy atom. The summed E-state index contributed by atoms with van der Waals surface area (Å²) in [6.07, 6.45) is -0.257. The highest BCUT2D eigenvalue weighted by atomic mass is 35.5. The molecule has 0 fully saturated rings. The van der Waals surface area contributed by atoms with Gasteiger partial charge in [0.05, 0.1) is 21.2 Å². The van der Waals surface area contributed by atoms with Crippen LogP contribution in [0.3, 0.4) is 0 Å². The van der Waals surface area contributed by atoms with E-state index in [1.165, 1.54) is 12.1 Å². The van der Waals surface area contributed by atoms with Gasteiger partial charge in [-0.3, -0.25) is 10.1 Å². The number of halogens is 2. The average molecular weight is 426 g/mol. The lowest BCUT2D eigenvalue weighted by molar-refractivity contribution is -0.115. The number of carbonyl (C=O) groups excluding carboxylic acids is 1. The molecule has 7 nitrogen and oxygen atoms in total. The Kier molecular flexibility index (Phi) is 5.79. The molecule has 2 aromatic carbocycles. The van der Waals surface area contributed by atoms with E-state index in [1.807, 2.05) is 0 Å². The predicted molar refractivity (Wildman–Crippen MR) is 101 cm³/mol. The second-order valence-electron chi connectivity index (χ2n) is 5.47. The van der Waals surface area contributed by atoms with E-state index in [2.05, 4.69) is 15.5 Å². The lowest BCUT2D eigenvalue weighted by atomic mass is 10.2. The lowest BCUT2D eigenvalue weighted by Crippen LogP contribution is -2.17. The summed E-state index contributed by atoms with van der Waals surface area (Å²) in [6.45, 7) is 0. The van der Waals surface area contributed by atoms with Gasteiger partial charge in [0, 0.05) is 11.4 Å². The van der Waals surface area contributed by atoms with Crippen molar-refractivity contribution in [3.05, 3.63) is 58.6 Å². The van der Waals surface area contributed by atoms with Crippen LogP contribution in [0.25, 0.3) is 11.5 Å². The number of rotatable bonds is 6. The van der Waals surface area contributed by atoms with Crippen LogP contribution in [-0.4, -0.2) is 30.3 Å². The fraction of sp³-hybridized carbons (Fsp3) is 0.118. The quantitative estimate of drug-likeness (QED) is 0.643. The number of sulfone groups is 1. The summed E-state index contributed by atoms with van der Waals surface area (Å²) in [7, 11) is -3.56. The SMILES string of the molecule is O=C(CCS(=O)(=O)c1ccccc1)Nc1nnc(-c2cc(Cl)ccc2Cl)o1. The van der Waals surface area contributed by atoms with Gasteiger partial charge < -0.3 is 4.42 Å². The van der Waals surface area contributed by atoms with Gasteiger partial charge >= 0.3 is 6.01 Å². The standard InChI is InChI=1S/C17H13Cl2N3O4S/c18-11-6-7-14(19)13(10-11)16-21-22-17(26-16)20-15(23)8-9-27(24,25)12-4-2-1-3-5-12/h1-7,10H,8-9H2,(H,20,22,23). The molecule has 0 radical (unpaired) electrons. The molecule has 0 aliphatic heterocycles. The molecule has 0 saturated carbocycles. The monoisotopic (exact) mass is 425 g/mol. The molecule has 0 aliphatic rings. The van der Waals surface area contributed by atoms with Gasteiger partial charge in [0.25, 0.3) is 5.89 Å². The van der Waals surface area contributed by atoms with Crippen molar-refractivity contribution in [2.75, 3.05) is 11.1 Å². The summed E-state index contributed by atoms with van der Waals surface area (Å²) in [5.41, 5.74) is 0.420. The highest BCUT2D eigenvalue weighted by Crippen LogP contribution is 2.30. The van der Waals surface area contributed by atoms with Crippen molar-refractivity contribution in [3.8, 4) is 11.5 Å². The van der Waals surface area contributed by atoms with Gasteiger partial charge in [0.15, 0.2) is 9.84 Å². The zero-order valence-electron chi connectivity index (χ0n) is 13.7. The zero-order chi connectivity index (χ0) is 19.4. The largest absolute Gasteiger partial charge is 0.403 e. The van der Waals surface area contributed by atoms with Crippen molar-refractivity contribution >= 4 is 45.0 Å². The van der Waals surface area contributed by atoms with Gasteiger partial charge in [0.2, 0.25) is 5.91 Å². The minimum atomic E-state index is -3.56. The second-order valence-corrected chi connectivity index (χ2v) is 8.42. The van der Waals surface area contributed by atoms with Gasteiger partial charge in [-0.1, -0.05) is 46.5 Å². The van der Waals surface area contributed by atoms with Crippen molar-refractivity contribution < 1.29 is 17.6 Å². The first-order valence-corrected chi connectivity index (χ1v) is 10.1. The number of nitrogens with one attached hydrogen (secondary N) is 1. The molecule has 1 heterocycles. The smallest absolute Gasteiger partial charge is 0.322 e. The fourth-order valence-corrected chi connectivity index (χ4v) is 3.83. The van der Waals surface area contributed by atoms with Gasteiger partial charge in [-0.15, -0.1) is 5.10 Å². The molecule has 1 amide bonds. The summed E-state index contributed by atoms with van der Waals surface area (Å²) >= 11 is 12.0. The van der Waals surface area contributed by atoms with E-state index in [0.717, 1.165) is 0 Å². The number of carbonyl (C=O) groups is 1. The second kappa shape index (κ2) is 8.08. The normalized spacial score (nSPS) is 11.3. The third-order valence-electron chi connectivity index (χ3n) is 3.53. The third kappa shape index (κ3) is 4.85. The number of anilines is 1. The molecule has 1 N–H and O–H groups in total. The van der Waals surface area contributed by atoms with Crippen LogP contribution in [0.5, 0.6) is 0 Å². The van der Waals surface area contributed by atoms with Crippen LogP contribution in [0.4, 0.5) is 6.01 Å². The Labute approximate surface area is 165 Å². The summed E-state index contributed by atoms with van der Waals surface area (Å²) in [6, 6.07) is 12.5. The average Bonchev–Trinajstić information content (AvgIpc) is 3.11. The molecule has 1 aromatic heterocycles. The Hall–Kier alpha value is -2.42. The number of benzene rings is 2. The van der Waals surface area contributed by atoms with E-state index < -0.39 is 15.7 Å². The Balaban J connectivity index is 1.64. The van der Waals surface area contributed by atoms with Crippen LogP contribution in [0.15, 0.2) is 57.8 Å². The van der Waals surface area contributed by atoms with E-state index in [9.17, 15) is 13.2 Å². The number of aromatic nitrogens is 2. The number of amides is 1. The Morgan fingerprint density at radius 3 is 2.56 bits per heavy atom. The minimum absolute atomic E-state index is 0.0784. The summed E-state index contributed by atoms with van der Waals surface area (Å²) < 4.78 is 29.7. The minimum Gasteiger partial charge on any atom is -0.403 e. The van der Waals surface area contributed by atoms with Crippen molar-refractivity contribution in [1.29, 1.82) is 0 Å². The molecule has 27 heavy (non-hydrogen) atoms. The molecule has 0 spiro atoms. The fourth-order valence-electron chi connectivity index (χ4n) is 2.20. The molecule has 140 valence electrons. The van der Waals surface area contributed by atoms with Gasteiger partial charge in [-0.25, -0.2) is 8.42 Å². The maximum absolute atomic E-state index is 12.2. The molecule has 0 unspecified atom stereocenters. The summed E-state index contributed by atoms with van der Waals surface area (Å²) in [5.74, 6) is -0.833. The van der Waals surface area contributed by atoms with E-state index >= 15 is 0 Å². The number of nitrogens with zero attached hydrogens (tertiary/aromatic N) is 2. The van der Waals surface area contributed by atoms with E-state index in [0.29, 0.717) is 15.6 Å². The van der Waals surface area contributed by atoms with E-state index in [4.69, 9.17) is 27.6 Å². The van der Waals surface area contributed by atoms with Crippen molar-refractivity contribution in [2.45, 2.75) is 11.3 Å². The third-order valence-corrected chi connectivity index (χ3v) is 5.83. The molecule has 3 rings (SSSR count). The molecule has 0 atom stereocenters. The first-order chi connectivity index (χ1) is 12.8. The van der Waals surface area contributed by atoms with Crippen molar-refractivity contribution in [2.24, 2.45) is 0 Å². The molecule has 0 bridgehead atoms. The highest BCUT2D eigenvalue weighted by molar-refractivity contribution is 7.91. The van der Waals surface area contributed by atoms with Gasteiger partial charge in [0.1, 0.15) is 0 Å². The highest BCUT2D eigenvalue weighted by Gasteiger charge is 2.18.